The smallest absolute Gasteiger partial charge is 0.337 e. The van der Waals surface area contributed by atoms with Gasteiger partial charge in [-0.25, -0.2) is 19.4 Å². The Morgan fingerprint density at radius 3 is 2.80 bits per heavy atom. The number of nitrogens with zero attached hydrogens (tertiary/aromatic N) is 4. The lowest BCUT2D eigenvalue weighted by molar-refractivity contribution is 0.0695. The fourth-order valence-electron chi connectivity index (χ4n) is 1.23. The molecule has 0 radical (unpaired) electrons. The fourth-order valence-corrected chi connectivity index (χ4v) is 1.23. The van der Waals surface area contributed by atoms with Gasteiger partial charge in [0.15, 0.2) is 5.82 Å². The summed E-state index contributed by atoms with van der Waals surface area (Å²) in [7, 11) is 0. The third-order valence-corrected chi connectivity index (χ3v) is 1.95. The summed E-state index contributed by atoms with van der Waals surface area (Å²) < 4.78 is 1.47. The Labute approximate surface area is 85.2 Å². The molecule has 0 unspecified atom stereocenters. The number of carboxylic acids is 1. The Kier molecular flexibility index (Phi) is 2.17. The number of carboxylic acid groups (broad SMARTS) is 1. The highest BCUT2D eigenvalue weighted by Crippen LogP contribution is 2.09. The zero-order valence-electron chi connectivity index (χ0n) is 7.95. The van der Waals surface area contributed by atoms with Crippen LogP contribution in [0.15, 0.2) is 24.8 Å². The highest BCUT2D eigenvalue weighted by Gasteiger charge is 2.09. The lowest BCUT2D eigenvalue weighted by Gasteiger charge is -2.03. The van der Waals surface area contributed by atoms with Gasteiger partial charge < -0.3 is 5.11 Å². The summed E-state index contributed by atoms with van der Waals surface area (Å²) in [4.78, 5) is 18.6. The lowest BCUT2D eigenvalue weighted by Crippen LogP contribution is -2.05. The van der Waals surface area contributed by atoms with E-state index in [1.807, 2.05) is 0 Å². The van der Waals surface area contributed by atoms with Crippen LogP contribution in [0.5, 0.6) is 0 Å². The topological polar surface area (TPSA) is 80.9 Å². The maximum Gasteiger partial charge on any atom is 0.337 e. The van der Waals surface area contributed by atoms with E-state index < -0.39 is 5.97 Å². The second-order valence-corrected chi connectivity index (χ2v) is 2.95. The summed E-state index contributed by atoms with van der Waals surface area (Å²) in [5, 5.41) is 12.7. The van der Waals surface area contributed by atoms with E-state index in [1.165, 1.54) is 23.4 Å². The van der Waals surface area contributed by atoms with Crippen molar-refractivity contribution in [2.24, 2.45) is 0 Å². The van der Waals surface area contributed by atoms with Gasteiger partial charge in [-0.2, -0.15) is 5.10 Å². The molecule has 76 valence electrons. The van der Waals surface area contributed by atoms with Gasteiger partial charge in [0, 0.05) is 0 Å². The van der Waals surface area contributed by atoms with Gasteiger partial charge in [-0.3, -0.25) is 0 Å². The number of hydrogen-bond acceptors (Lipinski definition) is 4. The largest absolute Gasteiger partial charge is 0.478 e. The average molecular weight is 204 g/mol. The molecule has 0 aliphatic rings. The first-order valence-corrected chi connectivity index (χ1v) is 4.24. The molecule has 0 amide bonds. The Morgan fingerprint density at radius 1 is 1.47 bits per heavy atom. The summed E-state index contributed by atoms with van der Waals surface area (Å²) in [5.74, 6) is -0.430. The number of aromatic carboxylic acids is 1. The van der Waals surface area contributed by atoms with Crippen LogP contribution in [0.25, 0.3) is 5.82 Å². The molecule has 6 nitrogen and oxygen atoms in total. The molecule has 2 aromatic rings. The van der Waals surface area contributed by atoms with Crippen LogP contribution in [0.3, 0.4) is 0 Å². The van der Waals surface area contributed by atoms with Crippen molar-refractivity contribution in [1.29, 1.82) is 0 Å². The van der Waals surface area contributed by atoms with Crippen molar-refractivity contribution in [3.63, 3.8) is 0 Å². The van der Waals surface area contributed by atoms with E-state index in [4.69, 9.17) is 5.11 Å². The third kappa shape index (κ3) is 1.69. The SMILES string of the molecule is Cc1nc(-n2cncn2)ccc1C(=O)O. The Morgan fingerprint density at radius 2 is 2.27 bits per heavy atom. The zero-order chi connectivity index (χ0) is 10.8. The van der Waals surface area contributed by atoms with Gasteiger partial charge in [0.25, 0.3) is 0 Å². The molecule has 2 rings (SSSR count). The summed E-state index contributed by atoms with van der Waals surface area (Å²) in [6.07, 6.45) is 2.89. The molecule has 0 aliphatic carbocycles. The monoisotopic (exact) mass is 204 g/mol. The number of pyridine rings is 1. The molecule has 0 bridgehead atoms. The normalized spacial score (nSPS) is 10.2. The van der Waals surface area contributed by atoms with Crippen molar-refractivity contribution in [3.8, 4) is 5.82 Å². The number of aryl methyl sites for hydroxylation is 1. The Bertz CT molecular complexity index is 493. The predicted molar refractivity (Wildman–Crippen MR) is 50.9 cm³/mol. The second kappa shape index (κ2) is 3.49. The fraction of sp³-hybridized carbons (Fsp3) is 0.111. The van der Waals surface area contributed by atoms with E-state index in [0.29, 0.717) is 11.5 Å². The van der Waals surface area contributed by atoms with E-state index >= 15 is 0 Å². The quantitative estimate of drug-likeness (QED) is 0.777. The van der Waals surface area contributed by atoms with Crippen LogP contribution in [0, 0.1) is 6.92 Å². The summed E-state index contributed by atoms with van der Waals surface area (Å²) >= 11 is 0. The predicted octanol–water partition coefficient (Wildman–Crippen LogP) is 0.669. The third-order valence-electron chi connectivity index (χ3n) is 1.95. The molecule has 0 aliphatic heterocycles. The van der Waals surface area contributed by atoms with Crippen molar-refractivity contribution in [2.45, 2.75) is 6.92 Å². The van der Waals surface area contributed by atoms with Crippen LogP contribution in [0.2, 0.25) is 0 Å². The van der Waals surface area contributed by atoms with E-state index in [2.05, 4.69) is 15.1 Å². The van der Waals surface area contributed by atoms with Crippen molar-refractivity contribution in [3.05, 3.63) is 36.0 Å². The van der Waals surface area contributed by atoms with E-state index in [1.54, 1.807) is 13.0 Å². The highest BCUT2D eigenvalue weighted by molar-refractivity contribution is 5.88. The number of rotatable bonds is 2. The zero-order valence-corrected chi connectivity index (χ0v) is 7.95. The van der Waals surface area contributed by atoms with Gasteiger partial charge in [0.05, 0.1) is 11.3 Å². The molecule has 1 N–H and O–H groups in total. The first kappa shape index (κ1) is 9.32. The maximum atomic E-state index is 10.7. The minimum absolute atomic E-state index is 0.193. The molecule has 6 heteroatoms. The van der Waals surface area contributed by atoms with Crippen LogP contribution in [-0.2, 0) is 0 Å². The summed E-state index contributed by atoms with van der Waals surface area (Å²) in [6.45, 7) is 1.64. The molecule has 0 saturated carbocycles. The second-order valence-electron chi connectivity index (χ2n) is 2.95. The molecule has 0 spiro atoms. The van der Waals surface area contributed by atoms with Gasteiger partial charge in [0.2, 0.25) is 0 Å². The van der Waals surface area contributed by atoms with Crippen LogP contribution in [0.4, 0.5) is 0 Å². The van der Waals surface area contributed by atoms with Gasteiger partial charge >= 0.3 is 5.97 Å². The number of hydrogen-bond donors (Lipinski definition) is 1. The van der Waals surface area contributed by atoms with Crippen LogP contribution in [0.1, 0.15) is 16.1 Å². The Hall–Kier alpha value is -2.24. The molecule has 0 aromatic carbocycles. The van der Waals surface area contributed by atoms with Crippen LogP contribution < -0.4 is 0 Å². The van der Waals surface area contributed by atoms with Gasteiger partial charge in [-0.1, -0.05) is 0 Å². The number of carbonyl (C=O) groups is 1. The number of aromatic nitrogens is 4. The molecule has 0 atom stereocenters. The standard InChI is InChI=1S/C9H8N4O2/c1-6-7(9(14)15)2-3-8(12-6)13-5-10-4-11-13/h2-5H,1H3,(H,14,15). The van der Waals surface area contributed by atoms with E-state index in [9.17, 15) is 4.79 Å². The highest BCUT2D eigenvalue weighted by atomic mass is 16.4. The average Bonchev–Trinajstić information content (AvgIpc) is 2.69. The molecule has 0 fully saturated rings. The minimum Gasteiger partial charge on any atom is -0.478 e. The van der Waals surface area contributed by atoms with Gasteiger partial charge in [-0.05, 0) is 19.1 Å². The molecular formula is C9H8N4O2. The van der Waals surface area contributed by atoms with E-state index in [-0.39, 0.29) is 5.56 Å². The first-order valence-electron chi connectivity index (χ1n) is 4.24. The molecule has 2 aromatic heterocycles. The van der Waals surface area contributed by atoms with E-state index in [0.717, 1.165) is 0 Å². The summed E-state index contributed by atoms with van der Waals surface area (Å²) in [5.41, 5.74) is 0.648. The molecular weight excluding hydrogens is 196 g/mol. The lowest BCUT2D eigenvalue weighted by atomic mass is 10.2. The van der Waals surface area contributed by atoms with Gasteiger partial charge in [0.1, 0.15) is 12.7 Å². The molecule has 15 heavy (non-hydrogen) atoms. The van der Waals surface area contributed by atoms with Crippen molar-refractivity contribution in [2.75, 3.05) is 0 Å². The van der Waals surface area contributed by atoms with Crippen molar-refractivity contribution in [1.82, 2.24) is 19.7 Å². The van der Waals surface area contributed by atoms with Crippen LogP contribution in [-0.4, -0.2) is 30.8 Å². The van der Waals surface area contributed by atoms with Crippen molar-refractivity contribution < 1.29 is 9.90 Å². The molecule has 2 heterocycles. The Balaban J connectivity index is 2.47. The first-order chi connectivity index (χ1) is 7.18. The van der Waals surface area contributed by atoms with Gasteiger partial charge in [-0.15, -0.1) is 0 Å². The van der Waals surface area contributed by atoms with Crippen molar-refractivity contribution >= 4 is 5.97 Å². The maximum absolute atomic E-state index is 10.7. The van der Waals surface area contributed by atoms with Crippen LogP contribution >= 0.6 is 0 Å². The minimum atomic E-state index is -0.981. The molecule has 0 saturated heterocycles. The summed E-state index contributed by atoms with van der Waals surface area (Å²) in [6, 6.07) is 3.09.